The Balaban J connectivity index is 1.62. The maximum Gasteiger partial charge on any atom is 0.270 e. The molecular formula is C22H22IN7O4S. The van der Waals surface area contributed by atoms with Gasteiger partial charge in [-0.05, 0) is 59.8 Å². The number of aromatic nitrogens is 3. The maximum atomic E-state index is 12.5. The number of amides is 1. The van der Waals surface area contributed by atoms with Crippen LogP contribution in [0.15, 0.2) is 65.4 Å². The molecule has 3 rings (SSSR count). The van der Waals surface area contributed by atoms with Crippen LogP contribution in [0.3, 0.4) is 0 Å². The fourth-order valence-electron chi connectivity index (χ4n) is 2.83. The molecule has 3 N–H and O–H groups in total. The van der Waals surface area contributed by atoms with Crippen LogP contribution in [0.5, 0.6) is 5.75 Å². The van der Waals surface area contributed by atoms with Crippen molar-refractivity contribution >= 4 is 57.8 Å². The molecule has 1 aromatic heterocycles. The van der Waals surface area contributed by atoms with Gasteiger partial charge < -0.3 is 15.0 Å². The average Bonchev–Trinajstić information content (AvgIpc) is 3.20. The molecule has 0 unspecified atom stereocenters. The molecule has 2 aromatic carbocycles. The Labute approximate surface area is 219 Å². The molecule has 1 heterocycles. The number of hydrogen-bond acceptors (Lipinski definition) is 9. The van der Waals surface area contributed by atoms with Crippen molar-refractivity contribution in [2.45, 2.75) is 30.4 Å². The topological polar surface area (TPSA) is 148 Å². The van der Waals surface area contributed by atoms with Gasteiger partial charge in [0.1, 0.15) is 5.75 Å². The van der Waals surface area contributed by atoms with Crippen molar-refractivity contribution in [3.63, 3.8) is 0 Å². The molecule has 0 aliphatic heterocycles. The molecule has 1 amide bonds. The van der Waals surface area contributed by atoms with Crippen LogP contribution in [0.25, 0.3) is 0 Å². The summed E-state index contributed by atoms with van der Waals surface area (Å²) in [6.07, 6.45) is 2.87. The highest BCUT2D eigenvalue weighted by atomic mass is 127. The lowest BCUT2D eigenvalue weighted by Gasteiger charge is -2.12. The van der Waals surface area contributed by atoms with E-state index in [0.717, 1.165) is 21.5 Å². The van der Waals surface area contributed by atoms with Crippen molar-refractivity contribution in [2.24, 2.45) is 5.10 Å². The molecule has 0 saturated carbocycles. The van der Waals surface area contributed by atoms with E-state index in [4.69, 9.17) is 0 Å². The van der Waals surface area contributed by atoms with Crippen LogP contribution in [0.2, 0.25) is 0 Å². The summed E-state index contributed by atoms with van der Waals surface area (Å²) in [6, 6.07) is 11.5. The molecule has 0 fully saturated rings. The zero-order chi connectivity index (χ0) is 25.4. The number of halogens is 1. The number of phenolic OH excluding ortho intramolecular Hbond substituents is 1. The number of thioether (sulfide) groups is 1. The van der Waals surface area contributed by atoms with E-state index < -0.39 is 16.1 Å². The predicted octanol–water partition coefficient (Wildman–Crippen LogP) is 3.93. The fraction of sp³-hybridized carbons (Fsp3) is 0.182. The molecule has 13 heteroatoms. The van der Waals surface area contributed by atoms with Gasteiger partial charge in [-0.1, -0.05) is 17.8 Å². The molecule has 11 nitrogen and oxygen atoms in total. The average molecular weight is 607 g/mol. The van der Waals surface area contributed by atoms with E-state index in [-0.39, 0.29) is 17.0 Å². The Kier molecular flexibility index (Phi) is 9.19. The Morgan fingerprint density at radius 2 is 2.09 bits per heavy atom. The molecular weight excluding hydrogens is 585 g/mol. The summed E-state index contributed by atoms with van der Waals surface area (Å²) in [5, 5.41) is 36.3. The second-order valence-electron chi connectivity index (χ2n) is 7.15. The number of carbonyl (C=O) groups is 1. The van der Waals surface area contributed by atoms with Gasteiger partial charge in [0.25, 0.3) is 11.6 Å². The summed E-state index contributed by atoms with van der Waals surface area (Å²) in [7, 11) is 0. The van der Waals surface area contributed by atoms with Gasteiger partial charge in [-0.2, -0.15) is 5.10 Å². The SMILES string of the molecule is C=CCn1c(CNc2ccc(I)cc2)nnc1S[C@H](C)C(=O)N/N=C/c1cc([N+](=O)[O-])ccc1O. The Morgan fingerprint density at radius 3 is 2.77 bits per heavy atom. The highest BCUT2D eigenvalue weighted by Gasteiger charge is 2.20. The van der Waals surface area contributed by atoms with Gasteiger partial charge in [0.2, 0.25) is 0 Å². The Morgan fingerprint density at radius 1 is 1.34 bits per heavy atom. The van der Waals surface area contributed by atoms with E-state index in [9.17, 15) is 20.0 Å². The second kappa shape index (κ2) is 12.3. The Bertz CT molecular complexity index is 1250. The number of nitro benzene ring substituents is 1. The van der Waals surface area contributed by atoms with Crippen molar-refractivity contribution in [3.8, 4) is 5.75 Å². The number of rotatable bonds is 11. The highest BCUT2D eigenvalue weighted by Crippen LogP contribution is 2.24. The van der Waals surface area contributed by atoms with E-state index in [0.29, 0.717) is 24.1 Å². The summed E-state index contributed by atoms with van der Waals surface area (Å²) >= 11 is 3.45. The third-order valence-corrected chi connectivity index (χ3v) is 6.45. The lowest BCUT2D eigenvalue weighted by Crippen LogP contribution is -2.27. The first-order chi connectivity index (χ1) is 16.8. The molecule has 3 aromatic rings. The van der Waals surface area contributed by atoms with Gasteiger partial charge in [-0.3, -0.25) is 14.9 Å². The largest absolute Gasteiger partial charge is 0.507 e. The van der Waals surface area contributed by atoms with Gasteiger partial charge in [0.05, 0.1) is 22.9 Å². The predicted molar refractivity (Wildman–Crippen MR) is 143 cm³/mol. The summed E-state index contributed by atoms with van der Waals surface area (Å²) in [4.78, 5) is 22.8. The van der Waals surface area contributed by atoms with Crippen molar-refractivity contribution in [2.75, 3.05) is 5.32 Å². The van der Waals surface area contributed by atoms with Crippen LogP contribution in [0.1, 0.15) is 18.3 Å². The lowest BCUT2D eigenvalue weighted by atomic mass is 10.2. The number of hydrazone groups is 1. The van der Waals surface area contributed by atoms with E-state index in [2.05, 4.69) is 55.2 Å². The number of nitro groups is 1. The van der Waals surface area contributed by atoms with E-state index >= 15 is 0 Å². The zero-order valence-corrected chi connectivity index (χ0v) is 21.6. The minimum atomic E-state index is -0.586. The number of nitrogens with zero attached hydrogens (tertiary/aromatic N) is 5. The summed E-state index contributed by atoms with van der Waals surface area (Å²) < 4.78 is 3.01. The van der Waals surface area contributed by atoms with Crippen LogP contribution < -0.4 is 10.7 Å². The summed E-state index contributed by atoms with van der Waals surface area (Å²) in [5.41, 5.74) is 3.23. The van der Waals surface area contributed by atoms with Crippen LogP contribution in [-0.4, -0.2) is 42.2 Å². The fourth-order valence-corrected chi connectivity index (χ4v) is 4.06. The first-order valence-corrected chi connectivity index (χ1v) is 12.2. The van der Waals surface area contributed by atoms with Gasteiger partial charge >= 0.3 is 0 Å². The van der Waals surface area contributed by atoms with E-state index in [1.807, 2.05) is 28.8 Å². The van der Waals surface area contributed by atoms with Crippen molar-refractivity contribution < 1.29 is 14.8 Å². The lowest BCUT2D eigenvalue weighted by molar-refractivity contribution is -0.384. The molecule has 35 heavy (non-hydrogen) atoms. The van der Waals surface area contributed by atoms with Gasteiger partial charge in [0.15, 0.2) is 11.0 Å². The third-order valence-electron chi connectivity index (χ3n) is 4.65. The molecule has 0 radical (unpaired) electrons. The maximum absolute atomic E-state index is 12.5. The molecule has 0 saturated heterocycles. The van der Waals surface area contributed by atoms with Crippen LogP contribution >= 0.6 is 34.4 Å². The molecule has 0 aliphatic rings. The molecule has 0 spiro atoms. The Hall–Kier alpha value is -3.46. The standard InChI is InChI=1S/C22H22IN7O4S/c1-3-10-29-20(13-24-17-6-4-16(23)5-7-17)26-28-22(29)35-14(2)21(32)27-25-12-15-11-18(30(33)34)8-9-19(15)31/h3-9,11-12,14,24,31H,1,10,13H2,2H3,(H,27,32)/b25-12+/t14-/m1/s1. The molecule has 1 atom stereocenters. The number of phenols is 1. The number of allylic oxidation sites excluding steroid dienone is 1. The number of benzene rings is 2. The number of non-ortho nitro benzene ring substituents is 1. The molecule has 0 aliphatic carbocycles. The van der Waals surface area contributed by atoms with Crippen molar-refractivity contribution in [1.82, 2.24) is 20.2 Å². The minimum absolute atomic E-state index is 0.107. The monoisotopic (exact) mass is 607 g/mol. The van der Waals surface area contributed by atoms with Crippen LogP contribution in [-0.2, 0) is 17.9 Å². The van der Waals surface area contributed by atoms with Gasteiger partial charge in [-0.15, -0.1) is 16.8 Å². The van der Waals surface area contributed by atoms with Crippen LogP contribution in [0, 0.1) is 13.7 Å². The van der Waals surface area contributed by atoms with E-state index in [1.165, 1.54) is 23.9 Å². The smallest absolute Gasteiger partial charge is 0.270 e. The molecule has 182 valence electrons. The normalized spacial score (nSPS) is 11.8. The van der Waals surface area contributed by atoms with Crippen molar-refractivity contribution in [1.29, 1.82) is 0 Å². The van der Waals surface area contributed by atoms with Crippen molar-refractivity contribution in [3.05, 3.63) is 80.2 Å². The quantitative estimate of drug-likeness (QED) is 0.0742. The first kappa shape index (κ1) is 26.2. The highest BCUT2D eigenvalue weighted by molar-refractivity contribution is 14.1. The number of hydrogen-bond donors (Lipinski definition) is 3. The number of anilines is 1. The summed E-state index contributed by atoms with van der Waals surface area (Å²) in [6.45, 7) is 6.39. The number of carbonyl (C=O) groups excluding carboxylic acids is 1. The van der Waals surface area contributed by atoms with Crippen LogP contribution in [0.4, 0.5) is 11.4 Å². The minimum Gasteiger partial charge on any atom is -0.507 e. The summed E-state index contributed by atoms with van der Waals surface area (Å²) in [5.74, 6) is 0.0838. The van der Waals surface area contributed by atoms with Gasteiger partial charge in [0, 0.05) is 33.5 Å². The second-order valence-corrected chi connectivity index (χ2v) is 9.71. The van der Waals surface area contributed by atoms with E-state index in [1.54, 1.807) is 13.0 Å². The zero-order valence-electron chi connectivity index (χ0n) is 18.6. The first-order valence-electron chi connectivity index (χ1n) is 10.3. The third kappa shape index (κ3) is 7.26. The van der Waals surface area contributed by atoms with Gasteiger partial charge in [-0.25, -0.2) is 5.43 Å². The molecule has 0 bridgehead atoms. The number of nitrogens with one attached hydrogen (secondary N) is 2. The number of aromatic hydroxyl groups is 1.